The molecule has 0 bridgehead atoms. The van der Waals surface area contributed by atoms with Crippen LogP contribution in [0.5, 0.6) is 0 Å². The molecular formula is C32H35N3O2. The Labute approximate surface area is 219 Å². The van der Waals surface area contributed by atoms with Gasteiger partial charge in [0.25, 0.3) is 5.91 Å². The summed E-state index contributed by atoms with van der Waals surface area (Å²) in [5.41, 5.74) is 5.05. The highest BCUT2D eigenvalue weighted by Crippen LogP contribution is 2.47. The number of amides is 2. The maximum Gasteiger partial charge on any atom is 0.254 e. The van der Waals surface area contributed by atoms with E-state index in [4.69, 9.17) is 0 Å². The Morgan fingerprint density at radius 1 is 0.892 bits per heavy atom. The normalized spacial score (nSPS) is 22.5. The number of rotatable bonds is 6. The van der Waals surface area contributed by atoms with E-state index >= 15 is 0 Å². The minimum Gasteiger partial charge on any atom is -0.353 e. The third-order valence-electron chi connectivity index (χ3n) is 8.17. The molecule has 1 saturated carbocycles. The Kier molecular flexibility index (Phi) is 6.56. The van der Waals surface area contributed by atoms with Gasteiger partial charge in [0, 0.05) is 37.3 Å². The molecule has 2 atom stereocenters. The number of nitrogens with zero attached hydrogens (tertiary/aromatic N) is 2. The molecule has 1 N–H and O–H groups in total. The van der Waals surface area contributed by atoms with Gasteiger partial charge in [0.15, 0.2) is 0 Å². The number of likely N-dealkylation sites (tertiary alicyclic amines) is 1. The van der Waals surface area contributed by atoms with Crippen LogP contribution in [0.2, 0.25) is 0 Å². The lowest BCUT2D eigenvalue weighted by Gasteiger charge is -2.43. The van der Waals surface area contributed by atoms with E-state index in [-0.39, 0.29) is 29.9 Å². The van der Waals surface area contributed by atoms with Crippen molar-refractivity contribution in [3.05, 3.63) is 107 Å². The zero-order valence-corrected chi connectivity index (χ0v) is 21.5. The molecule has 0 aromatic heterocycles. The lowest BCUT2D eigenvalue weighted by Crippen LogP contribution is -2.51. The molecule has 3 aromatic carbocycles. The van der Waals surface area contributed by atoms with Gasteiger partial charge in [-0.1, -0.05) is 78.4 Å². The average Bonchev–Trinajstić information content (AvgIpc) is 3.75. The second-order valence-electron chi connectivity index (χ2n) is 10.9. The highest BCUT2D eigenvalue weighted by molar-refractivity contribution is 6.01. The Balaban J connectivity index is 1.25. The van der Waals surface area contributed by atoms with Crippen LogP contribution in [-0.4, -0.2) is 46.8 Å². The highest BCUT2D eigenvalue weighted by Gasteiger charge is 2.49. The molecule has 3 aromatic rings. The topological polar surface area (TPSA) is 52.7 Å². The summed E-state index contributed by atoms with van der Waals surface area (Å²) < 4.78 is 0. The number of nitrogens with one attached hydrogen (secondary N) is 1. The predicted octanol–water partition coefficient (Wildman–Crippen LogP) is 5.22. The smallest absolute Gasteiger partial charge is 0.254 e. The van der Waals surface area contributed by atoms with E-state index in [0.29, 0.717) is 5.56 Å². The van der Waals surface area contributed by atoms with Gasteiger partial charge in [-0.25, -0.2) is 0 Å². The quantitative estimate of drug-likeness (QED) is 0.512. The molecule has 2 amide bonds. The third kappa shape index (κ3) is 4.93. The lowest BCUT2D eigenvalue weighted by atomic mass is 9.78. The van der Waals surface area contributed by atoms with E-state index in [1.165, 1.54) is 5.56 Å². The molecule has 190 valence electrons. The summed E-state index contributed by atoms with van der Waals surface area (Å²) in [5, 5.41) is 3.42. The molecule has 0 spiro atoms. The van der Waals surface area contributed by atoms with Gasteiger partial charge >= 0.3 is 0 Å². The summed E-state index contributed by atoms with van der Waals surface area (Å²) in [5.74, 6) is -0.319. The van der Waals surface area contributed by atoms with Crippen molar-refractivity contribution >= 4 is 11.8 Å². The third-order valence-corrected chi connectivity index (χ3v) is 8.17. The van der Waals surface area contributed by atoms with Crippen molar-refractivity contribution in [1.29, 1.82) is 0 Å². The van der Waals surface area contributed by atoms with Crippen molar-refractivity contribution in [2.75, 3.05) is 13.1 Å². The second kappa shape index (κ2) is 10.1. The first kappa shape index (κ1) is 23.9. The first-order valence-electron chi connectivity index (χ1n) is 13.6. The minimum absolute atomic E-state index is 0.0404. The number of carbonyl (C=O) groups excluding carboxylic acids is 2. The fourth-order valence-electron chi connectivity index (χ4n) is 6.16. The van der Waals surface area contributed by atoms with Crippen LogP contribution in [0.25, 0.3) is 0 Å². The van der Waals surface area contributed by atoms with Gasteiger partial charge in [-0.15, -0.1) is 0 Å². The number of aryl methyl sites for hydroxylation is 1. The molecule has 37 heavy (non-hydrogen) atoms. The maximum atomic E-state index is 14.1. The molecule has 5 nitrogen and oxygen atoms in total. The van der Waals surface area contributed by atoms with Crippen molar-refractivity contribution < 1.29 is 9.59 Å². The van der Waals surface area contributed by atoms with E-state index in [0.717, 1.165) is 62.0 Å². The van der Waals surface area contributed by atoms with Gasteiger partial charge in [0.2, 0.25) is 5.91 Å². The zero-order valence-electron chi connectivity index (χ0n) is 21.5. The van der Waals surface area contributed by atoms with Crippen LogP contribution in [-0.2, 0) is 11.3 Å². The number of hydrogen-bond donors (Lipinski definition) is 1. The summed E-state index contributed by atoms with van der Waals surface area (Å²) in [6.07, 6.45) is 3.88. The zero-order chi connectivity index (χ0) is 25.4. The van der Waals surface area contributed by atoms with Crippen LogP contribution >= 0.6 is 0 Å². The van der Waals surface area contributed by atoms with Gasteiger partial charge in [0.1, 0.15) is 0 Å². The van der Waals surface area contributed by atoms with Crippen LogP contribution in [0.3, 0.4) is 0 Å². The monoisotopic (exact) mass is 493 g/mol. The van der Waals surface area contributed by atoms with Crippen molar-refractivity contribution in [2.24, 2.45) is 0 Å². The molecule has 5 heteroatoms. The molecule has 0 unspecified atom stereocenters. The molecular weight excluding hydrogens is 458 g/mol. The van der Waals surface area contributed by atoms with Gasteiger partial charge in [-0.05, 0) is 55.4 Å². The van der Waals surface area contributed by atoms with E-state index in [2.05, 4.69) is 65.7 Å². The van der Waals surface area contributed by atoms with E-state index < -0.39 is 5.92 Å². The van der Waals surface area contributed by atoms with Gasteiger partial charge in [0.05, 0.1) is 12.0 Å². The fourth-order valence-corrected chi connectivity index (χ4v) is 6.16. The number of benzene rings is 3. The Hall–Kier alpha value is -3.44. The van der Waals surface area contributed by atoms with Crippen LogP contribution in [0.15, 0.2) is 78.9 Å². The van der Waals surface area contributed by atoms with Crippen LogP contribution in [0.4, 0.5) is 0 Å². The summed E-state index contributed by atoms with van der Waals surface area (Å²) in [7, 11) is 0. The fraction of sp³-hybridized carbons (Fsp3) is 0.375. The van der Waals surface area contributed by atoms with Gasteiger partial charge < -0.3 is 10.2 Å². The molecule has 1 saturated heterocycles. The lowest BCUT2D eigenvalue weighted by molar-refractivity contribution is -0.125. The Morgan fingerprint density at radius 3 is 2.35 bits per heavy atom. The van der Waals surface area contributed by atoms with Crippen LogP contribution in [0.1, 0.15) is 70.3 Å². The Morgan fingerprint density at radius 2 is 1.62 bits per heavy atom. The highest BCUT2D eigenvalue weighted by atomic mass is 16.2. The number of piperidine rings is 1. The van der Waals surface area contributed by atoms with Gasteiger partial charge in [-0.3, -0.25) is 14.5 Å². The summed E-state index contributed by atoms with van der Waals surface area (Å²) in [6, 6.07) is 26.7. The van der Waals surface area contributed by atoms with E-state index in [1.807, 2.05) is 35.2 Å². The first-order chi connectivity index (χ1) is 18.1. The van der Waals surface area contributed by atoms with Crippen molar-refractivity contribution in [3.8, 4) is 0 Å². The molecule has 0 radical (unpaired) electrons. The largest absolute Gasteiger partial charge is 0.353 e. The Bertz CT molecular complexity index is 1280. The summed E-state index contributed by atoms with van der Waals surface area (Å²) >= 11 is 0. The van der Waals surface area contributed by atoms with Crippen molar-refractivity contribution in [3.63, 3.8) is 0 Å². The number of hydrogen-bond acceptors (Lipinski definition) is 3. The molecule has 3 aliphatic rings. The van der Waals surface area contributed by atoms with Crippen LogP contribution in [0, 0.1) is 6.92 Å². The minimum atomic E-state index is -0.418. The molecule has 2 fully saturated rings. The molecule has 2 heterocycles. The van der Waals surface area contributed by atoms with Gasteiger partial charge in [-0.2, -0.15) is 0 Å². The van der Waals surface area contributed by atoms with Crippen molar-refractivity contribution in [2.45, 2.75) is 63.2 Å². The SMILES string of the molecule is Cc1cccc([C@@H]2[C@H](C(=O)NC3CCN(Cc4ccccc4)CC3)c3ccccc3C(=O)N2C2CC2)c1. The predicted molar refractivity (Wildman–Crippen MR) is 145 cm³/mol. The first-order valence-corrected chi connectivity index (χ1v) is 13.6. The standard InChI is InChI=1S/C32H35N3O2/c1-22-8-7-11-24(20-22)30-29(27-12-5-6-13-28(27)32(37)35(30)26-14-15-26)31(36)33-25-16-18-34(19-17-25)21-23-9-3-2-4-10-23/h2-13,20,25-26,29-30H,14-19,21H2,1H3,(H,33,36)/t29-,30-/m1/s1. The summed E-state index contributed by atoms with van der Waals surface area (Å²) in [4.78, 5) is 32.3. The van der Waals surface area contributed by atoms with E-state index in [1.54, 1.807) is 0 Å². The molecule has 2 aliphatic heterocycles. The molecule has 6 rings (SSSR count). The van der Waals surface area contributed by atoms with E-state index in [9.17, 15) is 9.59 Å². The number of fused-ring (bicyclic) bond motifs is 1. The van der Waals surface area contributed by atoms with Crippen LogP contribution < -0.4 is 5.32 Å². The second-order valence-corrected chi connectivity index (χ2v) is 10.9. The average molecular weight is 494 g/mol. The maximum absolute atomic E-state index is 14.1. The molecule has 1 aliphatic carbocycles. The number of carbonyl (C=O) groups is 2. The van der Waals surface area contributed by atoms with Crippen molar-refractivity contribution in [1.82, 2.24) is 15.1 Å². The summed E-state index contributed by atoms with van der Waals surface area (Å²) in [6.45, 7) is 4.96.